The first-order chi connectivity index (χ1) is 9.81. The van der Waals surface area contributed by atoms with Crippen LogP contribution in [0.4, 0.5) is 23.2 Å². The van der Waals surface area contributed by atoms with Gasteiger partial charge in [-0.15, -0.1) is 0 Å². The Morgan fingerprint density at radius 2 is 2.00 bits per heavy atom. The van der Waals surface area contributed by atoms with Gasteiger partial charge in [0.05, 0.1) is 0 Å². The maximum Gasteiger partial charge on any atom is 0.405 e. The van der Waals surface area contributed by atoms with Gasteiger partial charge in [0.2, 0.25) is 0 Å². The van der Waals surface area contributed by atoms with Crippen molar-refractivity contribution < 1.29 is 17.6 Å². The molecule has 1 aromatic rings. The van der Waals surface area contributed by atoms with Gasteiger partial charge in [-0.25, -0.2) is 4.39 Å². The van der Waals surface area contributed by atoms with E-state index in [4.69, 9.17) is 0 Å². The molecule has 0 spiro atoms. The number of nitrogens with zero attached hydrogens (tertiary/aromatic N) is 1. The largest absolute Gasteiger partial charge is 0.405 e. The van der Waals surface area contributed by atoms with Gasteiger partial charge in [0.15, 0.2) is 0 Å². The highest BCUT2D eigenvalue weighted by Crippen LogP contribution is 2.38. The molecule has 0 radical (unpaired) electrons. The number of halogens is 4. The second-order valence-corrected chi connectivity index (χ2v) is 5.46. The third-order valence-corrected chi connectivity index (χ3v) is 3.61. The summed E-state index contributed by atoms with van der Waals surface area (Å²) in [7, 11) is 0. The van der Waals surface area contributed by atoms with Crippen molar-refractivity contribution in [3.8, 4) is 0 Å². The Labute approximate surface area is 122 Å². The van der Waals surface area contributed by atoms with Crippen molar-refractivity contribution >= 4 is 5.69 Å². The number of alkyl halides is 3. The fraction of sp³-hybridized carbons (Fsp3) is 0.600. The zero-order valence-corrected chi connectivity index (χ0v) is 12.2. The van der Waals surface area contributed by atoms with E-state index in [0.717, 1.165) is 12.8 Å². The molecule has 21 heavy (non-hydrogen) atoms. The molecule has 0 amide bonds. The van der Waals surface area contributed by atoms with Gasteiger partial charge >= 0.3 is 6.18 Å². The summed E-state index contributed by atoms with van der Waals surface area (Å²) in [5, 5.41) is 3.13. The predicted molar refractivity (Wildman–Crippen MR) is 74.9 cm³/mol. The molecule has 2 rings (SSSR count). The van der Waals surface area contributed by atoms with Crippen LogP contribution in [0.15, 0.2) is 18.2 Å². The van der Waals surface area contributed by atoms with E-state index in [1.165, 1.54) is 23.1 Å². The second kappa shape index (κ2) is 6.22. The molecule has 1 aliphatic carbocycles. The van der Waals surface area contributed by atoms with Gasteiger partial charge in [0.25, 0.3) is 0 Å². The smallest absolute Gasteiger partial charge is 0.359 e. The van der Waals surface area contributed by atoms with Crippen LogP contribution in [0.5, 0.6) is 0 Å². The Hall–Kier alpha value is -1.30. The number of nitrogens with one attached hydrogen (secondary N) is 1. The maximum atomic E-state index is 13.5. The molecule has 0 heterocycles. The van der Waals surface area contributed by atoms with Crippen LogP contribution in [-0.2, 0) is 0 Å². The van der Waals surface area contributed by atoms with Crippen LogP contribution in [0.2, 0.25) is 0 Å². The molecule has 1 aliphatic rings. The summed E-state index contributed by atoms with van der Waals surface area (Å²) >= 11 is 0. The van der Waals surface area contributed by atoms with Gasteiger partial charge < -0.3 is 10.2 Å². The van der Waals surface area contributed by atoms with Crippen LogP contribution >= 0.6 is 0 Å². The fourth-order valence-corrected chi connectivity index (χ4v) is 2.54. The van der Waals surface area contributed by atoms with Crippen LogP contribution in [0, 0.1) is 5.82 Å². The van der Waals surface area contributed by atoms with E-state index < -0.39 is 18.5 Å². The molecule has 0 aromatic heterocycles. The lowest BCUT2D eigenvalue weighted by atomic mass is 10.0. The predicted octanol–water partition coefficient (Wildman–Crippen LogP) is 4.03. The summed E-state index contributed by atoms with van der Waals surface area (Å²) in [4.78, 5) is 1.36. The van der Waals surface area contributed by atoms with Crippen LogP contribution in [0.1, 0.15) is 38.3 Å². The summed E-state index contributed by atoms with van der Waals surface area (Å²) in [6, 6.07) is 3.72. The van der Waals surface area contributed by atoms with E-state index in [-0.39, 0.29) is 12.1 Å². The molecular formula is C15H20F4N2. The minimum atomic E-state index is -4.27. The van der Waals surface area contributed by atoms with Crippen LogP contribution in [0.25, 0.3) is 0 Å². The second-order valence-electron chi connectivity index (χ2n) is 5.46. The van der Waals surface area contributed by atoms with E-state index in [0.29, 0.717) is 17.8 Å². The monoisotopic (exact) mass is 304 g/mol. The Bertz CT molecular complexity index is 483. The van der Waals surface area contributed by atoms with Crippen LogP contribution in [-0.4, -0.2) is 25.3 Å². The lowest BCUT2D eigenvalue weighted by Gasteiger charge is -2.30. The Kier molecular flexibility index (Phi) is 4.76. The zero-order valence-electron chi connectivity index (χ0n) is 12.2. The first-order valence-electron chi connectivity index (χ1n) is 7.18. The molecule has 0 saturated heterocycles. The highest BCUT2D eigenvalue weighted by atomic mass is 19.4. The summed E-state index contributed by atoms with van der Waals surface area (Å²) in [6.45, 7) is 3.42. The number of hydrogen-bond donors (Lipinski definition) is 1. The molecule has 6 heteroatoms. The number of hydrogen-bond acceptors (Lipinski definition) is 2. The summed E-state index contributed by atoms with van der Waals surface area (Å²) in [5.74, 6) is -0.429. The lowest BCUT2D eigenvalue weighted by molar-refractivity contribution is -0.120. The summed E-state index contributed by atoms with van der Waals surface area (Å²) in [5.41, 5.74) is 1.05. The topological polar surface area (TPSA) is 15.3 Å². The Morgan fingerprint density at radius 1 is 1.33 bits per heavy atom. The molecule has 1 fully saturated rings. The van der Waals surface area contributed by atoms with Gasteiger partial charge in [-0.2, -0.15) is 13.2 Å². The van der Waals surface area contributed by atoms with Crippen molar-refractivity contribution in [2.45, 2.75) is 44.9 Å². The molecule has 118 valence electrons. The molecule has 0 aliphatic heterocycles. The Morgan fingerprint density at radius 3 is 2.52 bits per heavy atom. The van der Waals surface area contributed by atoms with Gasteiger partial charge in [-0.05, 0) is 50.1 Å². The number of anilines is 1. The molecular weight excluding hydrogens is 284 g/mol. The van der Waals surface area contributed by atoms with Gasteiger partial charge in [0.1, 0.15) is 12.4 Å². The first-order valence-corrected chi connectivity index (χ1v) is 7.18. The molecule has 1 unspecified atom stereocenters. The van der Waals surface area contributed by atoms with Crippen LogP contribution in [0.3, 0.4) is 0 Å². The average molecular weight is 304 g/mol. The quantitative estimate of drug-likeness (QED) is 0.798. The van der Waals surface area contributed by atoms with Crippen molar-refractivity contribution in [1.29, 1.82) is 0 Å². The van der Waals surface area contributed by atoms with Crippen molar-refractivity contribution in [2.75, 3.05) is 18.0 Å². The van der Waals surface area contributed by atoms with Gasteiger partial charge in [-0.1, -0.05) is 6.92 Å². The molecule has 0 bridgehead atoms. The van der Waals surface area contributed by atoms with Gasteiger partial charge in [0, 0.05) is 17.8 Å². The van der Waals surface area contributed by atoms with E-state index in [9.17, 15) is 17.6 Å². The fourth-order valence-electron chi connectivity index (χ4n) is 2.54. The molecule has 2 nitrogen and oxygen atoms in total. The van der Waals surface area contributed by atoms with Crippen LogP contribution < -0.4 is 10.2 Å². The highest BCUT2D eigenvalue weighted by Gasteiger charge is 2.39. The third kappa shape index (κ3) is 4.33. The minimum Gasteiger partial charge on any atom is -0.359 e. The zero-order chi connectivity index (χ0) is 15.6. The maximum absolute atomic E-state index is 13.5. The van der Waals surface area contributed by atoms with Crippen molar-refractivity contribution in [3.63, 3.8) is 0 Å². The van der Waals surface area contributed by atoms with Crippen molar-refractivity contribution in [2.24, 2.45) is 0 Å². The molecule has 1 saturated carbocycles. The average Bonchev–Trinajstić information content (AvgIpc) is 3.19. The van der Waals surface area contributed by atoms with Crippen molar-refractivity contribution in [3.05, 3.63) is 29.6 Å². The number of rotatable bonds is 6. The lowest BCUT2D eigenvalue weighted by Crippen LogP contribution is -2.37. The molecule has 1 aromatic carbocycles. The molecule has 1 N–H and O–H groups in total. The summed E-state index contributed by atoms with van der Waals surface area (Å²) in [6.07, 6.45) is -2.76. The Balaban J connectivity index is 2.35. The minimum absolute atomic E-state index is 0.0929. The van der Waals surface area contributed by atoms with Crippen molar-refractivity contribution in [1.82, 2.24) is 5.32 Å². The van der Waals surface area contributed by atoms with E-state index in [1.807, 2.05) is 13.8 Å². The summed E-state index contributed by atoms with van der Waals surface area (Å²) < 4.78 is 51.9. The first kappa shape index (κ1) is 16.1. The van der Waals surface area contributed by atoms with Gasteiger partial charge in [-0.3, -0.25) is 0 Å². The third-order valence-electron chi connectivity index (χ3n) is 3.61. The van der Waals surface area contributed by atoms with E-state index in [2.05, 4.69) is 5.32 Å². The van der Waals surface area contributed by atoms with E-state index in [1.54, 1.807) is 0 Å². The van der Waals surface area contributed by atoms with E-state index >= 15 is 0 Å². The standard InChI is InChI=1S/C15H20F4N2/c1-3-20-10(2)13-8-11(16)4-7-14(13)21(12-5-6-12)9-15(17,18)19/h4,7-8,10,12,20H,3,5-6,9H2,1-2H3. The normalized spacial score (nSPS) is 16.9. The molecule has 1 atom stereocenters. The highest BCUT2D eigenvalue weighted by molar-refractivity contribution is 5.57. The number of benzene rings is 1. The SMILES string of the molecule is CCNC(C)c1cc(F)ccc1N(CC(F)(F)F)C1CC1.